The second-order valence-electron chi connectivity index (χ2n) is 7.70. The number of rotatable bonds is 4. The summed E-state index contributed by atoms with van der Waals surface area (Å²) in [7, 11) is 3.30. The Hall–Kier alpha value is -3.22. The van der Waals surface area contributed by atoms with Gasteiger partial charge in [0, 0.05) is 24.8 Å². The zero-order valence-corrected chi connectivity index (χ0v) is 17.3. The number of hydrogen-bond donors (Lipinski definition) is 1. The molecule has 0 radical (unpaired) electrons. The molecule has 4 rings (SSSR count). The third-order valence-corrected chi connectivity index (χ3v) is 5.77. The molecular weight excluding hydrogens is 382 g/mol. The molecule has 3 amide bonds. The van der Waals surface area contributed by atoms with Crippen molar-refractivity contribution in [3.63, 3.8) is 0 Å². The number of ether oxygens (including phenoxy) is 2. The van der Waals surface area contributed by atoms with Crippen molar-refractivity contribution >= 4 is 17.6 Å². The molecule has 0 saturated carbocycles. The Balaban J connectivity index is 1.40. The molecule has 7 nitrogen and oxygen atoms in total. The highest BCUT2D eigenvalue weighted by Gasteiger charge is 2.35. The van der Waals surface area contributed by atoms with E-state index >= 15 is 0 Å². The molecule has 0 bridgehead atoms. The number of hydrogen-bond acceptors (Lipinski definition) is 4. The van der Waals surface area contributed by atoms with Crippen LogP contribution in [0.4, 0.5) is 10.5 Å². The van der Waals surface area contributed by atoms with Crippen molar-refractivity contribution in [2.24, 2.45) is 0 Å². The summed E-state index contributed by atoms with van der Waals surface area (Å²) < 4.78 is 11.2. The molecule has 1 N–H and O–H groups in total. The molecule has 0 unspecified atom stereocenters. The molecule has 2 heterocycles. The van der Waals surface area contributed by atoms with E-state index in [-0.39, 0.29) is 18.0 Å². The first-order chi connectivity index (χ1) is 14.6. The highest BCUT2D eigenvalue weighted by atomic mass is 16.5. The zero-order valence-electron chi connectivity index (χ0n) is 17.3. The van der Waals surface area contributed by atoms with Crippen LogP contribution in [-0.2, 0) is 11.2 Å². The van der Waals surface area contributed by atoms with Crippen LogP contribution in [0.1, 0.15) is 18.4 Å². The van der Waals surface area contributed by atoms with Crippen molar-refractivity contribution < 1.29 is 19.1 Å². The molecule has 0 aliphatic carbocycles. The number of carbonyl (C=O) groups is 2. The third-order valence-electron chi connectivity index (χ3n) is 5.77. The number of methoxy groups -OCH3 is 1. The zero-order chi connectivity index (χ0) is 21.1. The van der Waals surface area contributed by atoms with E-state index in [9.17, 15) is 9.59 Å². The van der Waals surface area contributed by atoms with Crippen LogP contribution in [-0.4, -0.2) is 56.2 Å². The predicted molar refractivity (Wildman–Crippen MR) is 114 cm³/mol. The first kappa shape index (κ1) is 20.1. The number of nitrogens with one attached hydrogen (secondary N) is 1. The van der Waals surface area contributed by atoms with Crippen LogP contribution < -0.4 is 19.7 Å². The normalized spacial score (nSPS) is 20.7. The summed E-state index contributed by atoms with van der Waals surface area (Å²) in [5.74, 6) is 1.39. The van der Waals surface area contributed by atoms with Gasteiger partial charge in [-0.1, -0.05) is 30.3 Å². The lowest BCUT2D eigenvalue weighted by Gasteiger charge is -2.37. The number of likely N-dealkylation sites (N-methyl/N-ethyl adjacent to an activating group) is 1. The SMILES string of the molecule is COc1cccc2c1OC[C@@H](NC(=O)N(C)[C@H]1CCCN(c3ccccc3)C1=O)C2. The summed E-state index contributed by atoms with van der Waals surface area (Å²) in [5.41, 5.74) is 1.87. The van der Waals surface area contributed by atoms with Crippen molar-refractivity contribution in [3.8, 4) is 11.5 Å². The number of carbonyl (C=O) groups excluding carboxylic acids is 2. The average molecular weight is 409 g/mol. The van der Waals surface area contributed by atoms with Crippen LogP contribution in [0.5, 0.6) is 11.5 Å². The Kier molecular flexibility index (Phi) is 5.79. The number of anilines is 1. The van der Waals surface area contributed by atoms with E-state index in [4.69, 9.17) is 9.47 Å². The van der Waals surface area contributed by atoms with Gasteiger partial charge in [0.1, 0.15) is 12.6 Å². The highest BCUT2D eigenvalue weighted by molar-refractivity contribution is 5.99. The highest BCUT2D eigenvalue weighted by Crippen LogP contribution is 2.34. The second-order valence-corrected chi connectivity index (χ2v) is 7.70. The summed E-state index contributed by atoms with van der Waals surface area (Å²) in [6, 6.07) is 14.4. The minimum Gasteiger partial charge on any atom is -0.493 e. The molecule has 158 valence electrons. The van der Waals surface area contributed by atoms with Gasteiger partial charge in [0.05, 0.1) is 13.2 Å². The van der Waals surface area contributed by atoms with E-state index in [1.807, 2.05) is 48.5 Å². The van der Waals surface area contributed by atoms with Crippen molar-refractivity contribution in [2.45, 2.75) is 31.3 Å². The molecule has 0 aromatic heterocycles. The number of para-hydroxylation sites is 2. The molecule has 2 aliphatic rings. The standard InChI is InChI=1S/C23H27N3O4/c1-25(19-11-7-13-26(22(19)27)18-9-4-3-5-10-18)23(28)24-17-14-16-8-6-12-20(29-2)21(16)30-15-17/h3-6,8-10,12,17,19H,7,11,13-15H2,1-2H3,(H,24,28)/t17-,19-/m0/s1. The van der Waals surface area contributed by atoms with Gasteiger partial charge in [-0.05, 0) is 37.5 Å². The summed E-state index contributed by atoms with van der Waals surface area (Å²) in [6.45, 7) is 1.03. The lowest BCUT2D eigenvalue weighted by molar-refractivity contribution is -0.123. The fraction of sp³-hybridized carbons (Fsp3) is 0.391. The van der Waals surface area contributed by atoms with E-state index < -0.39 is 6.04 Å². The second kappa shape index (κ2) is 8.65. The van der Waals surface area contributed by atoms with Gasteiger partial charge < -0.3 is 24.6 Å². The van der Waals surface area contributed by atoms with E-state index in [0.29, 0.717) is 31.7 Å². The number of piperidine rings is 1. The molecular formula is C23H27N3O4. The Morgan fingerprint density at radius 2 is 2.00 bits per heavy atom. The summed E-state index contributed by atoms with van der Waals surface area (Å²) in [5, 5.41) is 3.02. The summed E-state index contributed by atoms with van der Waals surface area (Å²) in [4.78, 5) is 29.3. The lowest BCUT2D eigenvalue weighted by Crippen LogP contribution is -2.57. The molecule has 2 aliphatic heterocycles. The van der Waals surface area contributed by atoms with E-state index in [0.717, 1.165) is 23.4 Å². The van der Waals surface area contributed by atoms with Gasteiger partial charge in [0.25, 0.3) is 0 Å². The molecule has 2 atom stereocenters. The maximum Gasteiger partial charge on any atom is 0.318 e. The Morgan fingerprint density at radius 3 is 2.77 bits per heavy atom. The molecule has 2 aromatic rings. The largest absolute Gasteiger partial charge is 0.493 e. The van der Waals surface area contributed by atoms with Crippen molar-refractivity contribution in [2.75, 3.05) is 32.2 Å². The summed E-state index contributed by atoms with van der Waals surface area (Å²) >= 11 is 0. The van der Waals surface area contributed by atoms with Gasteiger partial charge in [0.15, 0.2) is 11.5 Å². The minimum absolute atomic E-state index is 0.0416. The summed E-state index contributed by atoms with van der Waals surface area (Å²) in [6.07, 6.45) is 2.16. The topological polar surface area (TPSA) is 71.1 Å². The van der Waals surface area contributed by atoms with Crippen LogP contribution in [0.3, 0.4) is 0 Å². The Morgan fingerprint density at radius 1 is 1.20 bits per heavy atom. The minimum atomic E-state index is -0.476. The number of amides is 3. The first-order valence-corrected chi connectivity index (χ1v) is 10.3. The molecule has 0 spiro atoms. The maximum absolute atomic E-state index is 13.1. The molecule has 2 aromatic carbocycles. The quantitative estimate of drug-likeness (QED) is 0.843. The van der Waals surface area contributed by atoms with Gasteiger partial charge >= 0.3 is 6.03 Å². The fourth-order valence-corrected chi connectivity index (χ4v) is 4.15. The monoisotopic (exact) mass is 409 g/mol. The van der Waals surface area contributed by atoms with E-state index in [1.165, 1.54) is 4.90 Å². The van der Waals surface area contributed by atoms with Crippen LogP contribution in [0, 0.1) is 0 Å². The number of urea groups is 1. The predicted octanol–water partition coefficient (Wildman–Crippen LogP) is 2.84. The lowest BCUT2D eigenvalue weighted by atomic mass is 10.0. The number of fused-ring (bicyclic) bond motifs is 1. The fourth-order valence-electron chi connectivity index (χ4n) is 4.15. The van der Waals surface area contributed by atoms with Crippen LogP contribution >= 0.6 is 0 Å². The van der Waals surface area contributed by atoms with Gasteiger partial charge in [-0.2, -0.15) is 0 Å². The third kappa shape index (κ3) is 3.92. The van der Waals surface area contributed by atoms with Crippen molar-refractivity contribution in [1.29, 1.82) is 0 Å². The van der Waals surface area contributed by atoms with Crippen molar-refractivity contribution in [3.05, 3.63) is 54.1 Å². The number of benzene rings is 2. The maximum atomic E-state index is 13.1. The van der Waals surface area contributed by atoms with Gasteiger partial charge in [0.2, 0.25) is 5.91 Å². The van der Waals surface area contributed by atoms with E-state index in [1.54, 1.807) is 19.1 Å². The van der Waals surface area contributed by atoms with Crippen LogP contribution in [0.15, 0.2) is 48.5 Å². The van der Waals surface area contributed by atoms with Crippen LogP contribution in [0.25, 0.3) is 0 Å². The number of nitrogens with zero attached hydrogens (tertiary/aromatic N) is 2. The molecule has 7 heteroatoms. The van der Waals surface area contributed by atoms with Gasteiger partial charge in [-0.25, -0.2) is 4.79 Å². The molecule has 30 heavy (non-hydrogen) atoms. The average Bonchev–Trinajstić information content (AvgIpc) is 2.78. The van der Waals surface area contributed by atoms with E-state index in [2.05, 4.69) is 5.32 Å². The Labute approximate surface area is 176 Å². The molecule has 1 saturated heterocycles. The first-order valence-electron chi connectivity index (χ1n) is 10.3. The van der Waals surface area contributed by atoms with Gasteiger partial charge in [-0.3, -0.25) is 4.79 Å². The van der Waals surface area contributed by atoms with Gasteiger partial charge in [-0.15, -0.1) is 0 Å². The van der Waals surface area contributed by atoms with Crippen molar-refractivity contribution in [1.82, 2.24) is 10.2 Å². The Bertz CT molecular complexity index is 918. The molecule has 1 fully saturated rings. The van der Waals surface area contributed by atoms with Crippen LogP contribution in [0.2, 0.25) is 0 Å². The smallest absolute Gasteiger partial charge is 0.318 e.